The second kappa shape index (κ2) is 6.35. The minimum Gasteiger partial charge on any atom is -0.493 e. The third-order valence-corrected chi connectivity index (χ3v) is 3.92. The quantitative estimate of drug-likeness (QED) is 0.864. The van der Waals surface area contributed by atoms with E-state index in [1.54, 1.807) is 14.2 Å². The minimum atomic E-state index is -0.179. The van der Waals surface area contributed by atoms with Crippen molar-refractivity contribution in [2.24, 2.45) is 5.73 Å². The Morgan fingerprint density at radius 2 is 1.95 bits per heavy atom. The van der Waals surface area contributed by atoms with Crippen LogP contribution in [0.15, 0.2) is 18.2 Å². The van der Waals surface area contributed by atoms with E-state index in [9.17, 15) is 4.79 Å². The molecule has 1 aliphatic rings. The summed E-state index contributed by atoms with van der Waals surface area (Å²) < 4.78 is 10.4. The van der Waals surface area contributed by atoms with Gasteiger partial charge in [0.15, 0.2) is 11.5 Å². The number of rotatable bonds is 6. The first-order chi connectivity index (χ1) is 10.0. The van der Waals surface area contributed by atoms with Crippen LogP contribution in [-0.4, -0.2) is 43.7 Å². The summed E-state index contributed by atoms with van der Waals surface area (Å²) in [5.41, 5.74) is 6.93. The van der Waals surface area contributed by atoms with Gasteiger partial charge in [-0.25, -0.2) is 0 Å². The van der Waals surface area contributed by atoms with Crippen molar-refractivity contribution in [3.63, 3.8) is 0 Å². The highest BCUT2D eigenvalue weighted by Crippen LogP contribution is 2.29. The van der Waals surface area contributed by atoms with Crippen molar-refractivity contribution in [3.8, 4) is 11.5 Å². The van der Waals surface area contributed by atoms with Gasteiger partial charge in [-0.05, 0) is 24.1 Å². The maximum atomic E-state index is 12.2. The highest BCUT2D eigenvalue weighted by atomic mass is 16.5. The average molecular weight is 292 g/mol. The highest BCUT2D eigenvalue weighted by Gasteiger charge is 2.40. The monoisotopic (exact) mass is 292 g/mol. The van der Waals surface area contributed by atoms with Gasteiger partial charge in [0.05, 0.1) is 26.2 Å². The van der Waals surface area contributed by atoms with Gasteiger partial charge >= 0.3 is 0 Å². The zero-order valence-corrected chi connectivity index (χ0v) is 13.0. The summed E-state index contributed by atoms with van der Waals surface area (Å²) in [5, 5.41) is 0. The molecule has 1 saturated heterocycles. The fraction of sp³-hybridized carbons (Fsp3) is 0.562. The van der Waals surface area contributed by atoms with Crippen LogP contribution in [0, 0.1) is 0 Å². The molecule has 0 bridgehead atoms. The molecule has 2 N–H and O–H groups in total. The van der Waals surface area contributed by atoms with E-state index >= 15 is 0 Å². The van der Waals surface area contributed by atoms with Crippen LogP contribution < -0.4 is 15.2 Å². The summed E-state index contributed by atoms with van der Waals surface area (Å²) in [4.78, 5) is 14.1. The van der Waals surface area contributed by atoms with Gasteiger partial charge in [-0.2, -0.15) is 0 Å². The molecular weight excluding hydrogens is 268 g/mol. The normalized spacial score (nSPS) is 16.3. The van der Waals surface area contributed by atoms with Gasteiger partial charge in [0, 0.05) is 13.1 Å². The summed E-state index contributed by atoms with van der Waals surface area (Å²) in [7, 11) is 3.18. The van der Waals surface area contributed by atoms with E-state index in [2.05, 4.69) is 6.92 Å². The van der Waals surface area contributed by atoms with E-state index in [1.807, 2.05) is 23.1 Å². The summed E-state index contributed by atoms with van der Waals surface area (Å²) in [5.74, 6) is 1.42. The van der Waals surface area contributed by atoms with Crippen LogP contribution in [0.2, 0.25) is 0 Å². The van der Waals surface area contributed by atoms with Crippen molar-refractivity contribution in [3.05, 3.63) is 23.8 Å². The molecule has 5 heteroatoms. The maximum absolute atomic E-state index is 12.2. The molecule has 1 aromatic carbocycles. The molecule has 21 heavy (non-hydrogen) atoms. The third kappa shape index (κ3) is 3.47. The van der Waals surface area contributed by atoms with Crippen molar-refractivity contribution < 1.29 is 14.3 Å². The molecule has 0 spiro atoms. The number of hydrogen-bond donors (Lipinski definition) is 1. The number of ether oxygens (including phenoxy) is 2. The van der Waals surface area contributed by atoms with Crippen molar-refractivity contribution >= 4 is 5.91 Å². The fourth-order valence-corrected chi connectivity index (χ4v) is 2.82. The van der Waals surface area contributed by atoms with Crippen LogP contribution in [0.4, 0.5) is 0 Å². The lowest BCUT2D eigenvalue weighted by Gasteiger charge is -2.48. The third-order valence-electron chi connectivity index (χ3n) is 3.92. The molecule has 0 saturated carbocycles. The van der Waals surface area contributed by atoms with Crippen molar-refractivity contribution in [1.82, 2.24) is 4.90 Å². The zero-order chi connectivity index (χ0) is 15.5. The zero-order valence-electron chi connectivity index (χ0n) is 13.0. The number of carbonyl (C=O) groups is 1. The van der Waals surface area contributed by atoms with E-state index in [1.165, 1.54) is 0 Å². The maximum Gasteiger partial charge on any atom is 0.227 e. The van der Waals surface area contributed by atoms with E-state index in [0.29, 0.717) is 31.0 Å². The van der Waals surface area contributed by atoms with Crippen LogP contribution in [-0.2, 0) is 11.2 Å². The Balaban J connectivity index is 1.95. The lowest BCUT2D eigenvalue weighted by atomic mass is 9.86. The lowest BCUT2D eigenvalue weighted by Crippen LogP contribution is -2.68. The molecule has 116 valence electrons. The Morgan fingerprint density at radius 1 is 1.29 bits per heavy atom. The Bertz CT molecular complexity index is 510. The fourth-order valence-electron chi connectivity index (χ4n) is 2.82. The summed E-state index contributed by atoms with van der Waals surface area (Å²) in [6.07, 6.45) is 2.38. The van der Waals surface area contributed by atoms with E-state index in [0.717, 1.165) is 18.4 Å². The molecular formula is C16H24N2O3. The van der Waals surface area contributed by atoms with Gasteiger partial charge in [-0.3, -0.25) is 4.79 Å². The predicted molar refractivity (Wildman–Crippen MR) is 81.7 cm³/mol. The van der Waals surface area contributed by atoms with Gasteiger partial charge in [-0.1, -0.05) is 19.4 Å². The number of carbonyl (C=O) groups excluding carboxylic acids is 1. The van der Waals surface area contributed by atoms with Crippen molar-refractivity contribution in [2.75, 3.05) is 27.3 Å². The van der Waals surface area contributed by atoms with E-state index < -0.39 is 0 Å². The van der Waals surface area contributed by atoms with Crippen LogP contribution in [0.25, 0.3) is 0 Å². The Labute approximate surface area is 126 Å². The average Bonchev–Trinajstić information content (AvgIpc) is 2.44. The standard InChI is InChI=1S/C16H24N2O3/c1-4-7-16(17)10-18(11-16)15(19)9-12-5-6-13(20-2)14(8-12)21-3/h5-6,8H,4,7,9-11,17H2,1-3H3. The molecule has 0 aromatic heterocycles. The smallest absolute Gasteiger partial charge is 0.227 e. The molecule has 2 rings (SSSR count). The molecule has 5 nitrogen and oxygen atoms in total. The first-order valence-corrected chi connectivity index (χ1v) is 7.29. The van der Waals surface area contributed by atoms with Crippen LogP contribution in [0.3, 0.4) is 0 Å². The number of nitrogens with zero attached hydrogens (tertiary/aromatic N) is 1. The number of benzene rings is 1. The van der Waals surface area contributed by atoms with Crippen LogP contribution >= 0.6 is 0 Å². The molecule has 1 aromatic rings. The molecule has 0 aliphatic carbocycles. The molecule has 1 heterocycles. The van der Waals surface area contributed by atoms with Crippen LogP contribution in [0.5, 0.6) is 11.5 Å². The minimum absolute atomic E-state index is 0.111. The number of amides is 1. The SMILES string of the molecule is CCCC1(N)CN(C(=O)Cc2ccc(OC)c(OC)c2)C1. The summed E-state index contributed by atoms with van der Waals surface area (Å²) >= 11 is 0. The molecule has 0 atom stereocenters. The number of methoxy groups -OCH3 is 2. The second-order valence-corrected chi connectivity index (χ2v) is 5.73. The Kier molecular flexibility index (Phi) is 4.73. The van der Waals surface area contributed by atoms with Gasteiger partial charge in [-0.15, -0.1) is 0 Å². The van der Waals surface area contributed by atoms with Gasteiger partial charge < -0.3 is 20.1 Å². The van der Waals surface area contributed by atoms with E-state index in [4.69, 9.17) is 15.2 Å². The Morgan fingerprint density at radius 3 is 2.52 bits per heavy atom. The molecule has 1 amide bonds. The lowest BCUT2D eigenvalue weighted by molar-refractivity contribution is -0.138. The molecule has 0 unspecified atom stereocenters. The van der Waals surface area contributed by atoms with Crippen molar-refractivity contribution in [2.45, 2.75) is 31.7 Å². The number of likely N-dealkylation sites (tertiary alicyclic amines) is 1. The van der Waals surface area contributed by atoms with Gasteiger partial charge in [0.2, 0.25) is 5.91 Å². The van der Waals surface area contributed by atoms with E-state index in [-0.39, 0.29) is 11.4 Å². The number of hydrogen-bond acceptors (Lipinski definition) is 4. The van der Waals surface area contributed by atoms with Gasteiger partial charge in [0.1, 0.15) is 0 Å². The summed E-state index contributed by atoms with van der Waals surface area (Å²) in [6.45, 7) is 3.43. The molecule has 1 aliphatic heterocycles. The second-order valence-electron chi connectivity index (χ2n) is 5.73. The van der Waals surface area contributed by atoms with Crippen LogP contribution in [0.1, 0.15) is 25.3 Å². The molecule has 1 fully saturated rings. The van der Waals surface area contributed by atoms with Gasteiger partial charge in [0.25, 0.3) is 0 Å². The topological polar surface area (TPSA) is 64.8 Å². The molecule has 0 radical (unpaired) electrons. The first kappa shape index (κ1) is 15.6. The largest absolute Gasteiger partial charge is 0.493 e. The van der Waals surface area contributed by atoms with Crippen molar-refractivity contribution in [1.29, 1.82) is 0 Å². The highest BCUT2D eigenvalue weighted by molar-refractivity contribution is 5.80. The number of nitrogens with two attached hydrogens (primary N) is 1. The predicted octanol–water partition coefficient (Wildman–Crippen LogP) is 1.59. The first-order valence-electron chi connectivity index (χ1n) is 7.29. The summed E-state index contributed by atoms with van der Waals surface area (Å²) in [6, 6.07) is 5.56. The Hall–Kier alpha value is -1.75.